The van der Waals surface area contributed by atoms with Gasteiger partial charge in [-0.1, -0.05) is 32.9 Å². The molecule has 27 heavy (non-hydrogen) atoms. The van der Waals surface area contributed by atoms with Crippen molar-refractivity contribution in [2.45, 2.75) is 39.7 Å². The number of amides is 1. The molecule has 1 aliphatic rings. The number of pyridine rings is 1. The third-order valence-electron chi connectivity index (χ3n) is 5.06. The Morgan fingerprint density at radius 1 is 1.26 bits per heavy atom. The van der Waals surface area contributed by atoms with Crippen molar-refractivity contribution in [1.29, 1.82) is 0 Å². The van der Waals surface area contributed by atoms with Gasteiger partial charge in [0.25, 0.3) is 0 Å². The number of carboxylic acid groups (broad SMARTS) is 1. The van der Waals surface area contributed by atoms with Gasteiger partial charge in [0, 0.05) is 23.2 Å². The van der Waals surface area contributed by atoms with Crippen molar-refractivity contribution in [1.82, 2.24) is 10.3 Å². The first-order valence-electron chi connectivity index (χ1n) is 9.03. The van der Waals surface area contributed by atoms with Crippen molar-refractivity contribution >= 4 is 6.09 Å². The van der Waals surface area contributed by atoms with E-state index >= 15 is 0 Å². The summed E-state index contributed by atoms with van der Waals surface area (Å²) < 4.78 is 19.1. The zero-order valence-corrected chi connectivity index (χ0v) is 15.8. The minimum Gasteiger partial charge on any atom is -0.491 e. The normalized spacial score (nSPS) is 16.4. The smallest absolute Gasteiger partial charge is 0.404 e. The van der Waals surface area contributed by atoms with Crippen molar-refractivity contribution in [3.63, 3.8) is 0 Å². The lowest BCUT2D eigenvalue weighted by Gasteiger charge is -2.37. The molecule has 2 N–H and O–H groups in total. The Kier molecular flexibility index (Phi) is 5.09. The van der Waals surface area contributed by atoms with Crippen LogP contribution in [0.4, 0.5) is 9.18 Å². The summed E-state index contributed by atoms with van der Waals surface area (Å²) in [5, 5.41) is 11.9. The Bertz CT molecular complexity index is 811. The summed E-state index contributed by atoms with van der Waals surface area (Å²) in [7, 11) is 0. The number of carbonyl (C=O) groups is 1. The highest BCUT2D eigenvalue weighted by Gasteiger charge is 2.54. The lowest BCUT2D eigenvalue weighted by molar-refractivity contribution is 0.111. The summed E-state index contributed by atoms with van der Waals surface area (Å²) in [5.74, 6) is 0.333. The number of ether oxygens (including phenoxy) is 1. The molecule has 1 aromatic heterocycles. The van der Waals surface area contributed by atoms with Gasteiger partial charge < -0.3 is 15.2 Å². The number of rotatable bonds is 6. The molecule has 1 heterocycles. The monoisotopic (exact) mass is 372 g/mol. The van der Waals surface area contributed by atoms with Gasteiger partial charge in [0.2, 0.25) is 0 Å². The number of nitrogens with zero attached hydrogens (tertiary/aromatic N) is 1. The highest BCUT2D eigenvalue weighted by molar-refractivity contribution is 5.65. The van der Waals surface area contributed by atoms with Gasteiger partial charge >= 0.3 is 6.09 Å². The molecule has 0 radical (unpaired) electrons. The third-order valence-corrected chi connectivity index (χ3v) is 5.06. The predicted molar refractivity (Wildman–Crippen MR) is 101 cm³/mol. The highest BCUT2D eigenvalue weighted by Crippen LogP contribution is 2.53. The maximum Gasteiger partial charge on any atom is 0.404 e. The molecule has 0 spiro atoms. The van der Waals surface area contributed by atoms with Crippen molar-refractivity contribution in [3.05, 3.63) is 48.5 Å². The summed E-state index contributed by atoms with van der Waals surface area (Å²) >= 11 is 0. The van der Waals surface area contributed by atoms with Crippen LogP contribution in [0.3, 0.4) is 0 Å². The molecule has 1 unspecified atom stereocenters. The molecule has 144 valence electrons. The summed E-state index contributed by atoms with van der Waals surface area (Å²) in [4.78, 5) is 15.5. The number of nitrogens with one attached hydrogen (secondary N) is 1. The Hall–Kier alpha value is -2.63. The van der Waals surface area contributed by atoms with Gasteiger partial charge in [-0.25, -0.2) is 9.18 Å². The molecule has 2 aromatic rings. The van der Waals surface area contributed by atoms with Crippen LogP contribution < -0.4 is 10.1 Å². The van der Waals surface area contributed by atoms with Crippen LogP contribution in [-0.4, -0.2) is 28.8 Å². The maximum absolute atomic E-state index is 13.1. The molecule has 1 aromatic carbocycles. The van der Waals surface area contributed by atoms with Crippen LogP contribution >= 0.6 is 0 Å². The molecular formula is C21H25FN2O3. The topological polar surface area (TPSA) is 71.5 Å². The van der Waals surface area contributed by atoms with Crippen LogP contribution in [0.25, 0.3) is 11.1 Å². The number of aromatic nitrogens is 1. The lowest BCUT2D eigenvalue weighted by atomic mass is 9.77. The molecule has 1 atom stereocenters. The molecule has 1 saturated carbocycles. The van der Waals surface area contributed by atoms with Crippen LogP contribution in [-0.2, 0) is 0 Å². The van der Waals surface area contributed by atoms with Crippen LogP contribution in [0.1, 0.15) is 33.6 Å². The molecule has 0 bridgehead atoms. The fourth-order valence-corrected chi connectivity index (χ4v) is 3.61. The second kappa shape index (κ2) is 7.18. The van der Waals surface area contributed by atoms with Crippen molar-refractivity contribution in [3.8, 4) is 16.9 Å². The zero-order valence-electron chi connectivity index (χ0n) is 15.8. The molecule has 0 aliphatic heterocycles. The van der Waals surface area contributed by atoms with Gasteiger partial charge in [0.1, 0.15) is 11.6 Å². The number of hydrogen-bond donors (Lipinski definition) is 2. The predicted octanol–water partition coefficient (Wildman–Crippen LogP) is 4.73. The van der Waals surface area contributed by atoms with E-state index in [9.17, 15) is 14.3 Å². The van der Waals surface area contributed by atoms with Gasteiger partial charge in [-0.3, -0.25) is 4.98 Å². The van der Waals surface area contributed by atoms with Crippen LogP contribution in [0, 0.1) is 16.6 Å². The first-order valence-corrected chi connectivity index (χ1v) is 9.03. The van der Waals surface area contributed by atoms with Gasteiger partial charge in [-0.15, -0.1) is 0 Å². The average molecular weight is 372 g/mol. The second-order valence-electron chi connectivity index (χ2n) is 8.32. The fourth-order valence-electron chi connectivity index (χ4n) is 3.61. The largest absolute Gasteiger partial charge is 0.491 e. The molecule has 1 aliphatic carbocycles. The molecule has 0 saturated heterocycles. The summed E-state index contributed by atoms with van der Waals surface area (Å²) in [6, 6.07) is 7.89. The zero-order chi connectivity index (χ0) is 19.7. The van der Waals surface area contributed by atoms with E-state index in [2.05, 4.69) is 10.3 Å². The Balaban J connectivity index is 1.73. The number of hydrogen-bond acceptors (Lipinski definition) is 3. The van der Waals surface area contributed by atoms with Gasteiger partial charge in [0.15, 0.2) is 0 Å². The van der Waals surface area contributed by atoms with E-state index < -0.39 is 6.09 Å². The van der Waals surface area contributed by atoms with E-state index in [1.54, 1.807) is 24.5 Å². The second-order valence-corrected chi connectivity index (χ2v) is 8.32. The van der Waals surface area contributed by atoms with Crippen molar-refractivity contribution in [2.24, 2.45) is 10.8 Å². The van der Waals surface area contributed by atoms with Crippen molar-refractivity contribution < 1.29 is 19.0 Å². The first-order chi connectivity index (χ1) is 12.7. The SMILES string of the molecule is CC(C)(C)C(NC(=O)O)C1(COc2cncc(-c3ccc(F)cc3)c2)CC1. The van der Waals surface area contributed by atoms with E-state index in [-0.39, 0.29) is 22.7 Å². The average Bonchev–Trinajstić information content (AvgIpc) is 3.39. The molecule has 1 amide bonds. The van der Waals surface area contributed by atoms with Gasteiger partial charge in [-0.2, -0.15) is 0 Å². The number of halogens is 1. The van der Waals surface area contributed by atoms with Crippen molar-refractivity contribution in [2.75, 3.05) is 6.61 Å². The van der Waals surface area contributed by atoms with Gasteiger partial charge in [0.05, 0.1) is 12.8 Å². The molecule has 3 rings (SSSR count). The summed E-state index contributed by atoms with van der Waals surface area (Å²) in [5.41, 5.74) is 1.28. The minimum atomic E-state index is -1.01. The minimum absolute atomic E-state index is 0.198. The van der Waals surface area contributed by atoms with E-state index in [0.29, 0.717) is 12.4 Å². The molecular weight excluding hydrogens is 347 g/mol. The molecule has 6 heteroatoms. The maximum atomic E-state index is 13.1. The van der Waals surface area contributed by atoms with Gasteiger partial charge in [-0.05, 0) is 42.0 Å². The quantitative estimate of drug-likeness (QED) is 0.769. The van der Waals surface area contributed by atoms with E-state index in [1.807, 2.05) is 26.8 Å². The number of benzene rings is 1. The Morgan fingerprint density at radius 2 is 1.93 bits per heavy atom. The van der Waals surface area contributed by atoms with E-state index in [1.165, 1.54) is 12.1 Å². The first kappa shape index (κ1) is 19.1. The fraction of sp³-hybridized carbons (Fsp3) is 0.429. The third kappa shape index (κ3) is 4.56. The summed E-state index contributed by atoms with van der Waals surface area (Å²) in [6.45, 7) is 6.52. The van der Waals surface area contributed by atoms with E-state index in [0.717, 1.165) is 24.0 Å². The standard InChI is InChI=1S/C21H25FN2O3/c1-20(2,3)18(24-19(25)26)21(8-9-21)13-27-17-10-15(11-23-12-17)14-4-6-16(22)7-5-14/h4-7,10-12,18,24H,8-9,13H2,1-3H3,(H,25,26). The van der Waals surface area contributed by atoms with Crippen LogP contribution in [0.2, 0.25) is 0 Å². The van der Waals surface area contributed by atoms with Crippen LogP contribution in [0.15, 0.2) is 42.7 Å². The Labute approximate surface area is 158 Å². The molecule has 1 fully saturated rings. The molecule has 5 nitrogen and oxygen atoms in total. The Morgan fingerprint density at radius 3 is 2.48 bits per heavy atom. The van der Waals surface area contributed by atoms with E-state index in [4.69, 9.17) is 4.74 Å². The lowest BCUT2D eigenvalue weighted by Crippen LogP contribution is -2.51. The summed E-state index contributed by atoms with van der Waals surface area (Å²) in [6.07, 6.45) is 4.17. The highest BCUT2D eigenvalue weighted by atomic mass is 19.1. The van der Waals surface area contributed by atoms with Crippen LogP contribution in [0.5, 0.6) is 5.75 Å².